The molecule has 2 heteroatoms. The van der Waals surface area contributed by atoms with Crippen LogP contribution in [0.2, 0.25) is 0 Å². The van der Waals surface area contributed by atoms with Crippen molar-refractivity contribution in [2.24, 2.45) is 0 Å². The van der Waals surface area contributed by atoms with Crippen molar-refractivity contribution in [1.82, 2.24) is 0 Å². The third kappa shape index (κ3) is 2.86. The summed E-state index contributed by atoms with van der Waals surface area (Å²) in [4.78, 5) is 2.86. The van der Waals surface area contributed by atoms with Crippen molar-refractivity contribution in [3.05, 3.63) is 51.7 Å². The van der Waals surface area contributed by atoms with Gasteiger partial charge in [0, 0.05) is 22.0 Å². The van der Waals surface area contributed by atoms with Crippen molar-refractivity contribution >= 4 is 17.0 Å². The van der Waals surface area contributed by atoms with Gasteiger partial charge in [0.25, 0.3) is 0 Å². The first-order chi connectivity index (χ1) is 7.78. The van der Waals surface area contributed by atoms with E-state index in [1.165, 1.54) is 21.0 Å². The summed E-state index contributed by atoms with van der Waals surface area (Å²) in [5.41, 5.74) is 2.50. The Hall–Kier alpha value is -1.28. The number of aryl methyl sites for hydroxylation is 2. The van der Waals surface area contributed by atoms with Gasteiger partial charge in [-0.15, -0.1) is 11.3 Å². The van der Waals surface area contributed by atoms with Gasteiger partial charge in [0.15, 0.2) is 0 Å². The van der Waals surface area contributed by atoms with Crippen molar-refractivity contribution < 1.29 is 0 Å². The Morgan fingerprint density at radius 2 is 1.94 bits per heavy atom. The van der Waals surface area contributed by atoms with E-state index in [0.29, 0.717) is 0 Å². The van der Waals surface area contributed by atoms with Crippen molar-refractivity contribution in [1.29, 1.82) is 0 Å². The van der Waals surface area contributed by atoms with Crippen molar-refractivity contribution in [3.8, 4) is 0 Å². The van der Waals surface area contributed by atoms with Crippen LogP contribution in [-0.4, -0.2) is 0 Å². The van der Waals surface area contributed by atoms with Gasteiger partial charge in [0.05, 0.1) is 0 Å². The van der Waals surface area contributed by atoms with Crippen LogP contribution in [0.4, 0.5) is 5.69 Å². The van der Waals surface area contributed by atoms with E-state index in [0.717, 1.165) is 13.0 Å². The zero-order valence-corrected chi connectivity index (χ0v) is 10.6. The van der Waals surface area contributed by atoms with Crippen LogP contribution in [0.3, 0.4) is 0 Å². The minimum Gasteiger partial charge on any atom is -0.380 e. The summed E-state index contributed by atoms with van der Waals surface area (Å²) in [5, 5.41) is 3.45. The predicted molar refractivity (Wildman–Crippen MR) is 72.2 cm³/mol. The van der Waals surface area contributed by atoms with Crippen LogP contribution < -0.4 is 5.32 Å². The molecule has 0 aliphatic rings. The van der Waals surface area contributed by atoms with Gasteiger partial charge in [-0.05, 0) is 43.2 Å². The maximum Gasteiger partial charge on any atom is 0.0494 e. The number of hydrogen-bond acceptors (Lipinski definition) is 2. The molecule has 1 heterocycles. The predicted octanol–water partition coefficient (Wildman–Crippen LogP) is 4.23. The summed E-state index contributed by atoms with van der Waals surface area (Å²) < 4.78 is 0. The zero-order chi connectivity index (χ0) is 11.4. The van der Waals surface area contributed by atoms with Crippen molar-refractivity contribution in [2.75, 3.05) is 5.32 Å². The minimum absolute atomic E-state index is 0.925. The monoisotopic (exact) mass is 231 g/mol. The lowest BCUT2D eigenvalue weighted by Gasteiger charge is -2.05. The fraction of sp³-hybridized carbons (Fsp3) is 0.286. The lowest BCUT2D eigenvalue weighted by atomic mass is 10.2. The first-order valence-corrected chi connectivity index (χ1v) is 6.47. The number of anilines is 1. The molecule has 0 spiro atoms. The molecule has 1 aromatic heterocycles. The van der Waals surface area contributed by atoms with Crippen LogP contribution in [0, 0.1) is 6.92 Å². The molecule has 0 amide bonds. The van der Waals surface area contributed by atoms with Crippen LogP contribution in [0.25, 0.3) is 0 Å². The molecular weight excluding hydrogens is 214 g/mol. The van der Waals surface area contributed by atoms with E-state index < -0.39 is 0 Å². The van der Waals surface area contributed by atoms with E-state index in [1.807, 2.05) is 11.3 Å². The SMILES string of the molecule is CCc1ccc(CNc2cccc(C)c2)s1. The van der Waals surface area contributed by atoms with Crippen molar-refractivity contribution in [3.63, 3.8) is 0 Å². The van der Waals surface area contributed by atoms with Gasteiger partial charge in [-0.1, -0.05) is 19.1 Å². The smallest absolute Gasteiger partial charge is 0.0494 e. The lowest BCUT2D eigenvalue weighted by Crippen LogP contribution is -1.97. The maximum absolute atomic E-state index is 3.45. The summed E-state index contributed by atoms with van der Waals surface area (Å²) in [6.07, 6.45) is 1.13. The quantitative estimate of drug-likeness (QED) is 0.830. The molecule has 0 unspecified atom stereocenters. The molecule has 0 atom stereocenters. The van der Waals surface area contributed by atoms with E-state index in [4.69, 9.17) is 0 Å². The van der Waals surface area contributed by atoms with Gasteiger partial charge >= 0.3 is 0 Å². The van der Waals surface area contributed by atoms with E-state index in [2.05, 4.69) is 55.6 Å². The van der Waals surface area contributed by atoms with Crippen LogP contribution in [0.5, 0.6) is 0 Å². The fourth-order valence-electron chi connectivity index (χ4n) is 1.65. The first kappa shape index (κ1) is 11.2. The molecule has 0 radical (unpaired) electrons. The van der Waals surface area contributed by atoms with Gasteiger partial charge in [0.1, 0.15) is 0 Å². The molecule has 0 fully saturated rings. The molecule has 0 saturated heterocycles. The number of thiophene rings is 1. The second-order valence-electron chi connectivity index (χ2n) is 3.94. The highest BCUT2D eigenvalue weighted by molar-refractivity contribution is 7.12. The highest BCUT2D eigenvalue weighted by Gasteiger charge is 1.98. The Balaban J connectivity index is 1.96. The highest BCUT2D eigenvalue weighted by atomic mass is 32.1. The first-order valence-electron chi connectivity index (χ1n) is 5.66. The van der Waals surface area contributed by atoms with E-state index in [9.17, 15) is 0 Å². The van der Waals surface area contributed by atoms with Gasteiger partial charge in [-0.3, -0.25) is 0 Å². The largest absolute Gasteiger partial charge is 0.380 e. The Morgan fingerprint density at radius 1 is 1.12 bits per heavy atom. The highest BCUT2D eigenvalue weighted by Crippen LogP contribution is 2.18. The average molecular weight is 231 g/mol. The van der Waals surface area contributed by atoms with Gasteiger partial charge in [-0.25, -0.2) is 0 Å². The minimum atomic E-state index is 0.925. The number of nitrogens with one attached hydrogen (secondary N) is 1. The second kappa shape index (κ2) is 5.17. The van der Waals surface area contributed by atoms with Gasteiger partial charge in [0.2, 0.25) is 0 Å². The summed E-state index contributed by atoms with van der Waals surface area (Å²) in [6.45, 7) is 5.24. The summed E-state index contributed by atoms with van der Waals surface area (Å²) in [5.74, 6) is 0. The molecule has 1 N–H and O–H groups in total. The number of rotatable bonds is 4. The Morgan fingerprint density at radius 3 is 2.62 bits per heavy atom. The van der Waals surface area contributed by atoms with E-state index in [1.54, 1.807) is 0 Å². The molecule has 0 saturated carbocycles. The third-order valence-corrected chi connectivity index (χ3v) is 3.78. The fourth-order valence-corrected chi connectivity index (χ4v) is 2.55. The van der Waals surface area contributed by atoms with E-state index >= 15 is 0 Å². The van der Waals surface area contributed by atoms with Crippen LogP contribution in [0.15, 0.2) is 36.4 Å². The Bertz CT molecular complexity index is 459. The van der Waals surface area contributed by atoms with Crippen molar-refractivity contribution in [2.45, 2.75) is 26.8 Å². The summed E-state index contributed by atoms with van der Waals surface area (Å²) >= 11 is 1.89. The molecule has 0 aliphatic heterocycles. The molecular formula is C14H17NS. The Kier molecular flexibility index (Phi) is 3.62. The molecule has 1 aromatic carbocycles. The topological polar surface area (TPSA) is 12.0 Å². The number of benzene rings is 1. The van der Waals surface area contributed by atoms with Crippen LogP contribution in [0.1, 0.15) is 22.2 Å². The lowest BCUT2D eigenvalue weighted by molar-refractivity contribution is 1.19. The standard InChI is InChI=1S/C14H17NS/c1-3-13-7-8-14(16-13)10-15-12-6-4-5-11(2)9-12/h4-9,15H,3,10H2,1-2H3. The Labute approximate surface area is 101 Å². The second-order valence-corrected chi connectivity index (χ2v) is 5.20. The molecule has 1 nitrogen and oxygen atoms in total. The number of hydrogen-bond donors (Lipinski definition) is 1. The van der Waals surface area contributed by atoms with Gasteiger partial charge in [-0.2, -0.15) is 0 Å². The van der Waals surface area contributed by atoms with E-state index in [-0.39, 0.29) is 0 Å². The average Bonchev–Trinajstić information content (AvgIpc) is 2.74. The van der Waals surface area contributed by atoms with Crippen LogP contribution in [-0.2, 0) is 13.0 Å². The van der Waals surface area contributed by atoms with Crippen LogP contribution >= 0.6 is 11.3 Å². The molecule has 2 rings (SSSR count). The maximum atomic E-state index is 3.45. The summed E-state index contributed by atoms with van der Waals surface area (Å²) in [7, 11) is 0. The molecule has 84 valence electrons. The molecule has 0 aliphatic carbocycles. The van der Waals surface area contributed by atoms with Gasteiger partial charge < -0.3 is 5.32 Å². The third-order valence-electron chi connectivity index (χ3n) is 2.55. The summed E-state index contributed by atoms with van der Waals surface area (Å²) in [6, 6.07) is 12.9. The zero-order valence-electron chi connectivity index (χ0n) is 9.79. The molecule has 16 heavy (non-hydrogen) atoms. The molecule has 2 aromatic rings. The normalized spacial score (nSPS) is 10.4. The molecule has 0 bridgehead atoms.